The Kier molecular flexibility index (Phi) is 6.26. The summed E-state index contributed by atoms with van der Waals surface area (Å²) in [6.45, 7) is 0. The van der Waals surface area contributed by atoms with E-state index in [4.69, 9.17) is 0 Å². The van der Waals surface area contributed by atoms with Crippen LogP contribution in [0.2, 0.25) is 0 Å². The van der Waals surface area contributed by atoms with Gasteiger partial charge in [-0.1, -0.05) is 0 Å². The van der Waals surface area contributed by atoms with Crippen LogP contribution in [0.1, 0.15) is 11.1 Å². The Labute approximate surface area is 145 Å². The zero-order chi connectivity index (χ0) is 19.1. The number of hydrazine groups is 1. The van der Waals surface area contributed by atoms with Gasteiger partial charge in [-0.25, -0.2) is 17.6 Å². The highest BCUT2D eigenvalue weighted by Crippen LogP contribution is 2.12. The van der Waals surface area contributed by atoms with Gasteiger partial charge < -0.3 is 0 Å². The lowest BCUT2D eigenvalue weighted by atomic mass is 10.2. The quantitative estimate of drug-likeness (QED) is 0.498. The van der Waals surface area contributed by atoms with Crippen LogP contribution in [0.15, 0.2) is 48.6 Å². The molecule has 0 unspecified atom stereocenters. The normalized spacial score (nSPS) is 11.1. The van der Waals surface area contributed by atoms with E-state index in [-0.39, 0.29) is 11.1 Å². The number of carbonyl (C=O) groups is 2. The van der Waals surface area contributed by atoms with E-state index in [0.29, 0.717) is 0 Å². The molecule has 2 amide bonds. The molecule has 0 saturated heterocycles. The van der Waals surface area contributed by atoms with Crippen molar-refractivity contribution in [3.63, 3.8) is 0 Å². The van der Waals surface area contributed by atoms with Crippen molar-refractivity contribution in [2.45, 2.75) is 0 Å². The van der Waals surface area contributed by atoms with Crippen molar-refractivity contribution in [3.8, 4) is 0 Å². The van der Waals surface area contributed by atoms with Gasteiger partial charge in [0, 0.05) is 23.3 Å². The highest BCUT2D eigenvalue weighted by Gasteiger charge is 2.04. The van der Waals surface area contributed by atoms with Gasteiger partial charge in [-0.2, -0.15) is 0 Å². The monoisotopic (exact) mass is 364 g/mol. The van der Waals surface area contributed by atoms with Crippen LogP contribution in [0.4, 0.5) is 17.6 Å². The number of rotatable bonds is 4. The van der Waals surface area contributed by atoms with E-state index in [1.807, 2.05) is 10.9 Å². The maximum Gasteiger partial charge on any atom is 0.262 e. The average molecular weight is 364 g/mol. The fourth-order valence-electron chi connectivity index (χ4n) is 1.82. The summed E-state index contributed by atoms with van der Waals surface area (Å²) in [7, 11) is 0. The van der Waals surface area contributed by atoms with Gasteiger partial charge in [0.2, 0.25) is 0 Å². The lowest BCUT2D eigenvalue weighted by Gasteiger charge is -2.02. The van der Waals surface area contributed by atoms with Crippen LogP contribution in [0.25, 0.3) is 12.2 Å². The first kappa shape index (κ1) is 18.9. The standard InChI is InChI=1S/C18H12F4N2O2/c19-13-3-5-15(21)11(9-13)1-7-17(25)23-24-18(26)8-2-12-10-14(20)4-6-16(12)22/h1-10H,(H,23,25)(H,24,26)/b7-1+,8-2+. The van der Waals surface area contributed by atoms with E-state index in [9.17, 15) is 27.2 Å². The first-order valence-corrected chi connectivity index (χ1v) is 7.21. The zero-order valence-corrected chi connectivity index (χ0v) is 13.1. The van der Waals surface area contributed by atoms with Crippen LogP contribution in [-0.2, 0) is 9.59 Å². The molecule has 0 aliphatic rings. The van der Waals surface area contributed by atoms with E-state index < -0.39 is 35.1 Å². The summed E-state index contributed by atoms with van der Waals surface area (Å²) in [5, 5.41) is 0. The minimum Gasteiger partial charge on any atom is -0.268 e. The molecule has 0 bridgehead atoms. The average Bonchev–Trinajstić information content (AvgIpc) is 2.61. The van der Waals surface area contributed by atoms with Crippen molar-refractivity contribution in [2.75, 3.05) is 0 Å². The molecule has 0 aliphatic carbocycles. The molecule has 134 valence electrons. The molecule has 0 saturated carbocycles. The topological polar surface area (TPSA) is 58.2 Å². The van der Waals surface area contributed by atoms with Crippen LogP contribution < -0.4 is 10.9 Å². The SMILES string of the molecule is O=C(/C=C/c1cc(F)ccc1F)NNC(=O)/C=C/c1cc(F)ccc1F. The van der Waals surface area contributed by atoms with Crippen molar-refractivity contribution >= 4 is 24.0 Å². The first-order chi connectivity index (χ1) is 12.3. The number of nitrogens with one attached hydrogen (secondary N) is 2. The number of hydrogen-bond acceptors (Lipinski definition) is 2. The Balaban J connectivity index is 1.89. The van der Waals surface area contributed by atoms with Gasteiger partial charge in [0.05, 0.1) is 0 Å². The van der Waals surface area contributed by atoms with Gasteiger partial charge in [0.15, 0.2) is 0 Å². The summed E-state index contributed by atoms with van der Waals surface area (Å²) in [6, 6.07) is 5.47. The largest absolute Gasteiger partial charge is 0.268 e. The summed E-state index contributed by atoms with van der Waals surface area (Å²) < 4.78 is 52.7. The molecule has 0 spiro atoms. The van der Waals surface area contributed by atoms with Gasteiger partial charge >= 0.3 is 0 Å². The van der Waals surface area contributed by atoms with E-state index >= 15 is 0 Å². The number of benzene rings is 2. The summed E-state index contributed by atoms with van der Waals surface area (Å²) in [4.78, 5) is 23.1. The number of amides is 2. The second kappa shape index (κ2) is 8.61. The maximum atomic E-state index is 13.4. The third-order valence-corrected chi connectivity index (χ3v) is 3.05. The molecule has 2 rings (SSSR count). The van der Waals surface area contributed by atoms with Crippen molar-refractivity contribution in [1.29, 1.82) is 0 Å². The zero-order valence-electron chi connectivity index (χ0n) is 13.1. The lowest BCUT2D eigenvalue weighted by molar-refractivity contribution is -0.123. The van der Waals surface area contributed by atoms with Gasteiger partial charge in [-0.05, 0) is 48.6 Å². The molecular formula is C18H12F4N2O2. The second-order valence-corrected chi connectivity index (χ2v) is 4.98. The van der Waals surface area contributed by atoms with Crippen LogP contribution in [-0.4, -0.2) is 11.8 Å². The second-order valence-electron chi connectivity index (χ2n) is 4.98. The molecular weight excluding hydrogens is 352 g/mol. The van der Waals surface area contributed by atoms with Gasteiger partial charge in [0.25, 0.3) is 11.8 Å². The first-order valence-electron chi connectivity index (χ1n) is 7.21. The van der Waals surface area contributed by atoms with Crippen LogP contribution in [0.3, 0.4) is 0 Å². The Morgan fingerprint density at radius 1 is 0.692 bits per heavy atom. The summed E-state index contributed by atoms with van der Waals surface area (Å²) in [6.07, 6.45) is 3.82. The number of hydrogen-bond donors (Lipinski definition) is 2. The van der Waals surface area contributed by atoms with Gasteiger partial charge in [-0.3, -0.25) is 20.4 Å². The van der Waals surface area contributed by atoms with Crippen molar-refractivity contribution in [2.24, 2.45) is 0 Å². The summed E-state index contributed by atoms with van der Waals surface area (Å²) in [5.41, 5.74) is 3.69. The predicted octanol–water partition coefficient (Wildman–Crippen LogP) is 3.12. The molecule has 0 atom stereocenters. The summed E-state index contributed by atoms with van der Waals surface area (Å²) >= 11 is 0. The third kappa shape index (κ3) is 5.59. The molecule has 4 nitrogen and oxygen atoms in total. The predicted molar refractivity (Wildman–Crippen MR) is 87.1 cm³/mol. The Morgan fingerprint density at radius 3 is 1.46 bits per heavy atom. The van der Waals surface area contributed by atoms with Crippen molar-refractivity contribution < 1.29 is 27.2 Å². The van der Waals surface area contributed by atoms with Crippen LogP contribution in [0.5, 0.6) is 0 Å². The molecule has 2 aromatic rings. The Morgan fingerprint density at radius 2 is 1.08 bits per heavy atom. The highest BCUT2D eigenvalue weighted by molar-refractivity contribution is 5.96. The molecule has 8 heteroatoms. The minimum atomic E-state index is -0.813. The molecule has 0 aromatic heterocycles. The van der Waals surface area contributed by atoms with E-state index in [2.05, 4.69) is 0 Å². The highest BCUT2D eigenvalue weighted by atomic mass is 19.1. The smallest absolute Gasteiger partial charge is 0.262 e. The molecule has 2 aromatic carbocycles. The minimum absolute atomic E-state index is 0.145. The van der Waals surface area contributed by atoms with E-state index in [1.54, 1.807) is 0 Å². The van der Waals surface area contributed by atoms with Crippen molar-refractivity contribution in [3.05, 3.63) is 82.9 Å². The van der Waals surface area contributed by atoms with Crippen LogP contribution >= 0.6 is 0 Å². The van der Waals surface area contributed by atoms with Crippen LogP contribution in [0, 0.1) is 23.3 Å². The van der Waals surface area contributed by atoms with Gasteiger partial charge in [-0.15, -0.1) is 0 Å². The van der Waals surface area contributed by atoms with Crippen molar-refractivity contribution in [1.82, 2.24) is 10.9 Å². The van der Waals surface area contributed by atoms with E-state index in [1.165, 1.54) is 0 Å². The lowest BCUT2D eigenvalue weighted by Crippen LogP contribution is -2.39. The molecule has 2 N–H and O–H groups in total. The fraction of sp³-hybridized carbons (Fsp3) is 0. The molecule has 0 radical (unpaired) electrons. The third-order valence-electron chi connectivity index (χ3n) is 3.05. The molecule has 0 aliphatic heterocycles. The Hall–Kier alpha value is -3.42. The number of halogens is 4. The van der Waals surface area contributed by atoms with Gasteiger partial charge in [0.1, 0.15) is 23.3 Å². The number of carbonyl (C=O) groups excluding carboxylic acids is 2. The maximum absolute atomic E-state index is 13.4. The molecule has 0 heterocycles. The fourth-order valence-corrected chi connectivity index (χ4v) is 1.82. The van der Waals surface area contributed by atoms with E-state index in [0.717, 1.165) is 60.7 Å². The summed E-state index contributed by atoms with van der Waals surface area (Å²) in [5.74, 6) is -4.41. The molecule has 26 heavy (non-hydrogen) atoms. The molecule has 0 fully saturated rings. The Bertz CT molecular complexity index is 821.